The summed E-state index contributed by atoms with van der Waals surface area (Å²) in [5.74, 6) is 0.512. The number of fused-ring (bicyclic) bond motifs is 1. The molecule has 0 aliphatic carbocycles. The largest absolute Gasteiger partial charge is 0.349 e. The summed E-state index contributed by atoms with van der Waals surface area (Å²) in [4.78, 5) is 31.0. The van der Waals surface area contributed by atoms with Crippen LogP contribution in [0.2, 0.25) is 0 Å². The van der Waals surface area contributed by atoms with Gasteiger partial charge in [0.2, 0.25) is 5.91 Å². The van der Waals surface area contributed by atoms with Crippen LogP contribution >= 0.6 is 11.3 Å². The molecule has 1 unspecified atom stereocenters. The first-order valence-electron chi connectivity index (χ1n) is 11.4. The zero-order valence-corrected chi connectivity index (χ0v) is 19.0. The van der Waals surface area contributed by atoms with Gasteiger partial charge in [-0.3, -0.25) is 9.59 Å². The van der Waals surface area contributed by atoms with E-state index in [0.717, 1.165) is 47.6 Å². The number of thiophene rings is 1. The number of benzene rings is 1. The van der Waals surface area contributed by atoms with Gasteiger partial charge in [0.15, 0.2) is 0 Å². The molecule has 5 nitrogen and oxygen atoms in total. The molecule has 6 heteroatoms. The minimum absolute atomic E-state index is 0.0107. The molecule has 1 atom stereocenters. The van der Waals surface area contributed by atoms with Gasteiger partial charge in [0.1, 0.15) is 0 Å². The summed E-state index contributed by atoms with van der Waals surface area (Å²) in [7, 11) is 0. The third-order valence-electron chi connectivity index (χ3n) is 6.27. The maximum atomic E-state index is 12.9. The van der Waals surface area contributed by atoms with Gasteiger partial charge in [-0.2, -0.15) is 0 Å². The smallest absolute Gasteiger partial charge is 0.261 e. The van der Waals surface area contributed by atoms with E-state index in [1.165, 1.54) is 31.3 Å². The second-order valence-electron chi connectivity index (χ2n) is 8.95. The minimum Gasteiger partial charge on any atom is -0.349 e. The van der Waals surface area contributed by atoms with E-state index < -0.39 is 0 Å². The summed E-state index contributed by atoms with van der Waals surface area (Å²) < 4.78 is 1.15. The van der Waals surface area contributed by atoms with Crippen molar-refractivity contribution >= 4 is 33.2 Å². The molecule has 3 heterocycles. The van der Waals surface area contributed by atoms with E-state index in [0.29, 0.717) is 6.42 Å². The van der Waals surface area contributed by atoms with E-state index >= 15 is 0 Å². The molecular weight excluding hydrogens is 394 g/mol. The highest BCUT2D eigenvalue weighted by Crippen LogP contribution is 2.40. The molecule has 1 aromatic carbocycles. The molecule has 2 fully saturated rings. The Morgan fingerprint density at radius 1 is 1.17 bits per heavy atom. The fourth-order valence-electron chi connectivity index (χ4n) is 4.81. The number of hydrogen-bond donors (Lipinski definition) is 1. The van der Waals surface area contributed by atoms with Crippen LogP contribution in [0.25, 0.3) is 10.1 Å². The molecule has 2 aromatic rings. The zero-order valence-electron chi connectivity index (χ0n) is 18.2. The lowest BCUT2D eigenvalue weighted by Crippen LogP contribution is -2.31. The summed E-state index contributed by atoms with van der Waals surface area (Å²) in [6.07, 6.45) is 5.10. The molecule has 30 heavy (non-hydrogen) atoms. The average molecular weight is 428 g/mol. The summed E-state index contributed by atoms with van der Waals surface area (Å²) >= 11 is 1.58. The Morgan fingerprint density at radius 2 is 1.93 bits per heavy atom. The van der Waals surface area contributed by atoms with Crippen LogP contribution in [-0.2, 0) is 4.79 Å². The highest BCUT2D eigenvalue weighted by atomic mass is 32.1. The number of likely N-dealkylation sites (tertiary alicyclic amines) is 2. The highest BCUT2D eigenvalue weighted by molar-refractivity contribution is 7.21. The second kappa shape index (κ2) is 9.48. The van der Waals surface area contributed by atoms with E-state index in [1.54, 1.807) is 11.3 Å². The topological polar surface area (TPSA) is 52.7 Å². The molecule has 0 saturated carbocycles. The number of hydrogen-bond acceptors (Lipinski definition) is 4. The van der Waals surface area contributed by atoms with Gasteiger partial charge >= 0.3 is 0 Å². The molecule has 2 aliphatic heterocycles. The lowest BCUT2D eigenvalue weighted by molar-refractivity contribution is -0.130. The van der Waals surface area contributed by atoms with Gasteiger partial charge in [0.05, 0.1) is 4.88 Å². The molecular formula is C24H33N3O2S. The molecule has 0 radical (unpaired) electrons. The maximum absolute atomic E-state index is 12.9. The van der Waals surface area contributed by atoms with Crippen molar-refractivity contribution in [2.24, 2.45) is 0 Å². The van der Waals surface area contributed by atoms with Crippen molar-refractivity contribution in [3.8, 4) is 0 Å². The first-order valence-corrected chi connectivity index (χ1v) is 12.2. The van der Waals surface area contributed by atoms with Gasteiger partial charge in [0.25, 0.3) is 5.91 Å². The van der Waals surface area contributed by atoms with Gasteiger partial charge in [0, 0.05) is 36.2 Å². The van der Waals surface area contributed by atoms with Crippen molar-refractivity contribution in [3.05, 3.63) is 34.7 Å². The minimum atomic E-state index is 0.0107. The number of carbonyl (C=O) groups is 2. The summed E-state index contributed by atoms with van der Waals surface area (Å²) in [5.41, 5.74) is 1.14. The lowest BCUT2D eigenvalue weighted by atomic mass is 9.95. The van der Waals surface area contributed by atoms with Gasteiger partial charge in [-0.15, -0.1) is 11.3 Å². The van der Waals surface area contributed by atoms with Crippen LogP contribution < -0.4 is 5.32 Å². The first-order chi connectivity index (χ1) is 14.5. The quantitative estimate of drug-likeness (QED) is 0.719. The molecule has 2 saturated heterocycles. The summed E-state index contributed by atoms with van der Waals surface area (Å²) in [6.45, 7) is 8.91. The van der Waals surface area contributed by atoms with Crippen molar-refractivity contribution < 1.29 is 9.59 Å². The average Bonchev–Trinajstić information content (AvgIpc) is 3.46. The molecule has 162 valence electrons. The van der Waals surface area contributed by atoms with Crippen LogP contribution in [0.15, 0.2) is 24.3 Å². The molecule has 0 bridgehead atoms. The van der Waals surface area contributed by atoms with Gasteiger partial charge in [-0.05, 0) is 76.2 Å². The van der Waals surface area contributed by atoms with Gasteiger partial charge < -0.3 is 15.1 Å². The highest BCUT2D eigenvalue weighted by Gasteiger charge is 2.32. The van der Waals surface area contributed by atoms with E-state index in [2.05, 4.69) is 22.3 Å². The van der Waals surface area contributed by atoms with E-state index in [-0.39, 0.29) is 23.8 Å². The first kappa shape index (κ1) is 21.3. The van der Waals surface area contributed by atoms with Gasteiger partial charge in [-0.25, -0.2) is 0 Å². The molecule has 2 amide bonds. The Labute approximate surface area is 183 Å². The predicted octanol–water partition coefficient (Wildman–Crippen LogP) is 4.23. The standard InChI is InChI=1S/C24H33N3O2S/c1-17(2)25-24(29)23-22(19-8-3-4-9-20(19)30-23)18-11-15-27(16-18)21(28)10-7-14-26-12-5-6-13-26/h3-4,8-9,17-18H,5-7,10-16H2,1-2H3,(H,25,29). The SMILES string of the molecule is CC(C)NC(=O)c1sc2ccccc2c1C1CCN(C(=O)CCCN2CCCC2)C1. The van der Waals surface area contributed by atoms with Crippen molar-refractivity contribution in [1.82, 2.24) is 15.1 Å². The molecule has 0 spiro atoms. The van der Waals surface area contributed by atoms with Crippen molar-refractivity contribution in [2.45, 2.75) is 57.9 Å². The van der Waals surface area contributed by atoms with Crippen LogP contribution in [0.3, 0.4) is 0 Å². The van der Waals surface area contributed by atoms with Crippen molar-refractivity contribution in [3.63, 3.8) is 0 Å². The third-order valence-corrected chi connectivity index (χ3v) is 7.46. The number of nitrogens with one attached hydrogen (secondary N) is 1. The summed E-state index contributed by atoms with van der Waals surface area (Å²) in [5, 5.41) is 4.23. The van der Waals surface area contributed by atoms with Crippen LogP contribution in [0.1, 0.15) is 67.1 Å². The Bertz CT molecular complexity index is 901. The zero-order chi connectivity index (χ0) is 21.1. The normalized spacial score (nSPS) is 19.8. The van der Waals surface area contributed by atoms with Crippen molar-refractivity contribution in [1.29, 1.82) is 0 Å². The molecule has 1 N–H and O–H groups in total. The number of carbonyl (C=O) groups excluding carboxylic acids is 2. The Balaban J connectivity index is 1.45. The van der Waals surface area contributed by atoms with Crippen LogP contribution in [0, 0.1) is 0 Å². The van der Waals surface area contributed by atoms with Crippen LogP contribution in [0.4, 0.5) is 0 Å². The molecule has 2 aliphatic rings. The van der Waals surface area contributed by atoms with E-state index in [4.69, 9.17) is 0 Å². The van der Waals surface area contributed by atoms with E-state index in [9.17, 15) is 9.59 Å². The fourth-order valence-corrected chi connectivity index (χ4v) is 6.00. The Morgan fingerprint density at radius 3 is 2.70 bits per heavy atom. The fraction of sp³-hybridized carbons (Fsp3) is 0.583. The second-order valence-corrected chi connectivity index (χ2v) is 10.00. The molecule has 1 aromatic heterocycles. The maximum Gasteiger partial charge on any atom is 0.261 e. The Hall–Kier alpha value is -1.92. The monoisotopic (exact) mass is 427 g/mol. The van der Waals surface area contributed by atoms with E-state index in [1.807, 2.05) is 30.9 Å². The number of rotatable bonds is 7. The van der Waals surface area contributed by atoms with Crippen LogP contribution in [-0.4, -0.2) is 60.4 Å². The third kappa shape index (κ3) is 4.70. The van der Waals surface area contributed by atoms with Crippen LogP contribution in [0.5, 0.6) is 0 Å². The number of amides is 2. The van der Waals surface area contributed by atoms with Crippen molar-refractivity contribution in [2.75, 3.05) is 32.7 Å². The summed E-state index contributed by atoms with van der Waals surface area (Å²) in [6, 6.07) is 8.38. The number of nitrogens with zero attached hydrogens (tertiary/aromatic N) is 2. The molecule has 4 rings (SSSR count). The van der Waals surface area contributed by atoms with Gasteiger partial charge in [-0.1, -0.05) is 18.2 Å². The predicted molar refractivity (Wildman–Crippen MR) is 123 cm³/mol. The Kier molecular flexibility index (Phi) is 6.74. The lowest BCUT2D eigenvalue weighted by Gasteiger charge is -2.19.